The van der Waals surface area contributed by atoms with Crippen molar-refractivity contribution in [1.82, 2.24) is 19.7 Å². The second-order valence-electron chi connectivity index (χ2n) is 4.60. The first-order chi connectivity index (χ1) is 10.1. The molecule has 2 heterocycles. The second-order valence-corrected chi connectivity index (χ2v) is 6.32. The molecule has 0 aliphatic carbocycles. The number of benzene rings is 1. The Balaban J connectivity index is 1.88. The van der Waals surface area contributed by atoms with Crippen LogP contribution in [0, 0.1) is 13.8 Å². The summed E-state index contributed by atoms with van der Waals surface area (Å²) in [6.07, 6.45) is 3.17. The molecule has 3 rings (SSSR count). The smallest absolute Gasteiger partial charge is 0.138 e. The molecule has 108 valence electrons. The molecule has 5 nitrogen and oxygen atoms in total. The van der Waals surface area contributed by atoms with E-state index in [9.17, 15) is 0 Å². The standard InChI is InChI=1S/C14H14ClN5S/c1-9-14(21-10(2)19-9)6-17-12-5-11(15)3-4-13(12)20-8-16-7-18-20/h3-5,7-8,17H,6H2,1-2H3. The van der Waals surface area contributed by atoms with Crippen molar-refractivity contribution in [3.05, 3.63) is 51.5 Å². The molecule has 0 spiro atoms. The Bertz CT molecular complexity index is 751. The van der Waals surface area contributed by atoms with Crippen molar-refractivity contribution in [2.24, 2.45) is 0 Å². The minimum Gasteiger partial charge on any atom is -0.378 e. The lowest BCUT2D eigenvalue weighted by atomic mass is 10.2. The van der Waals surface area contributed by atoms with Crippen molar-refractivity contribution in [2.75, 3.05) is 5.32 Å². The monoisotopic (exact) mass is 319 g/mol. The van der Waals surface area contributed by atoms with E-state index in [2.05, 4.69) is 20.4 Å². The number of nitrogens with zero attached hydrogens (tertiary/aromatic N) is 4. The molecule has 0 saturated heterocycles. The molecular formula is C14H14ClN5S. The molecule has 0 amide bonds. The fourth-order valence-electron chi connectivity index (χ4n) is 2.10. The van der Waals surface area contributed by atoms with E-state index < -0.39 is 0 Å². The van der Waals surface area contributed by atoms with Crippen molar-refractivity contribution < 1.29 is 0 Å². The predicted molar refractivity (Wildman–Crippen MR) is 85.3 cm³/mol. The molecule has 0 aliphatic rings. The van der Waals surface area contributed by atoms with Crippen LogP contribution in [-0.4, -0.2) is 19.7 Å². The van der Waals surface area contributed by atoms with Gasteiger partial charge in [0.2, 0.25) is 0 Å². The molecule has 1 N–H and O–H groups in total. The maximum atomic E-state index is 6.10. The van der Waals surface area contributed by atoms with Gasteiger partial charge in [-0.1, -0.05) is 11.6 Å². The SMILES string of the molecule is Cc1nc(C)c(CNc2cc(Cl)ccc2-n2cncn2)s1. The Morgan fingerprint density at radius 2 is 2.19 bits per heavy atom. The van der Waals surface area contributed by atoms with Crippen LogP contribution in [0.3, 0.4) is 0 Å². The molecule has 2 aromatic heterocycles. The highest BCUT2D eigenvalue weighted by Crippen LogP contribution is 2.26. The molecule has 0 fully saturated rings. The fourth-order valence-corrected chi connectivity index (χ4v) is 3.14. The second kappa shape index (κ2) is 5.83. The van der Waals surface area contributed by atoms with Crippen LogP contribution in [0.25, 0.3) is 5.69 Å². The first-order valence-corrected chi connectivity index (χ1v) is 7.64. The van der Waals surface area contributed by atoms with Crippen molar-refractivity contribution in [3.8, 4) is 5.69 Å². The minimum absolute atomic E-state index is 0.679. The maximum Gasteiger partial charge on any atom is 0.138 e. The summed E-state index contributed by atoms with van der Waals surface area (Å²) in [5, 5.41) is 9.33. The zero-order chi connectivity index (χ0) is 14.8. The van der Waals surface area contributed by atoms with Gasteiger partial charge in [0.1, 0.15) is 12.7 Å². The normalized spacial score (nSPS) is 10.8. The van der Waals surface area contributed by atoms with Gasteiger partial charge in [-0.25, -0.2) is 14.6 Å². The lowest BCUT2D eigenvalue weighted by molar-refractivity contribution is 0.878. The zero-order valence-corrected chi connectivity index (χ0v) is 13.2. The number of anilines is 1. The van der Waals surface area contributed by atoms with Gasteiger partial charge in [-0.05, 0) is 32.0 Å². The third kappa shape index (κ3) is 3.06. The van der Waals surface area contributed by atoms with Crippen LogP contribution in [0.5, 0.6) is 0 Å². The number of aromatic nitrogens is 4. The van der Waals surface area contributed by atoms with Gasteiger partial charge in [0.05, 0.1) is 28.6 Å². The maximum absolute atomic E-state index is 6.10. The summed E-state index contributed by atoms with van der Waals surface area (Å²) < 4.78 is 1.71. The van der Waals surface area contributed by atoms with Gasteiger partial charge in [-0.2, -0.15) is 5.10 Å². The van der Waals surface area contributed by atoms with Gasteiger partial charge >= 0.3 is 0 Å². The lowest BCUT2D eigenvalue weighted by Crippen LogP contribution is -2.05. The summed E-state index contributed by atoms with van der Waals surface area (Å²) in [5.74, 6) is 0. The zero-order valence-electron chi connectivity index (χ0n) is 11.7. The topological polar surface area (TPSA) is 55.6 Å². The van der Waals surface area contributed by atoms with E-state index >= 15 is 0 Å². The number of rotatable bonds is 4. The quantitative estimate of drug-likeness (QED) is 0.798. The summed E-state index contributed by atoms with van der Waals surface area (Å²) in [5.41, 5.74) is 2.89. The van der Waals surface area contributed by atoms with Gasteiger partial charge in [0, 0.05) is 9.90 Å². The fraction of sp³-hybridized carbons (Fsp3) is 0.214. The molecule has 0 unspecified atom stereocenters. The molecule has 21 heavy (non-hydrogen) atoms. The number of halogens is 1. The van der Waals surface area contributed by atoms with Crippen LogP contribution in [0.15, 0.2) is 30.9 Å². The van der Waals surface area contributed by atoms with Crippen molar-refractivity contribution in [2.45, 2.75) is 20.4 Å². The number of hydrogen-bond donors (Lipinski definition) is 1. The van der Waals surface area contributed by atoms with Crippen molar-refractivity contribution in [3.63, 3.8) is 0 Å². The first kappa shape index (κ1) is 14.0. The Labute approximate surface area is 131 Å². The molecule has 0 radical (unpaired) electrons. The van der Waals surface area contributed by atoms with Crippen LogP contribution in [0.1, 0.15) is 15.6 Å². The Kier molecular flexibility index (Phi) is 3.90. The van der Waals surface area contributed by atoms with E-state index in [0.29, 0.717) is 11.6 Å². The first-order valence-electron chi connectivity index (χ1n) is 6.45. The van der Waals surface area contributed by atoms with Crippen LogP contribution < -0.4 is 5.32 Å². The molecule has 0 aliphatic heterocycles. The average molecular weight is 320 g/mol. The third-order valence-corrected chi connectivity index (χ3v) is 4.37. The highest BCUT2D eigenvalue weighted by atomic mass is 35.5. The summed E-state index contributed by atoms with van der Waals surface area (Å²) >= 11 is 7.80. The van der Waals surface area contributed by atoms with Gasteiger partial charge in [-0.15, -0.1) is 11.3 Å². The average Bonchev–Trinajstić information content (AvgIpc) is 3.06. The molecule has 0 atom stereocenters. The van der Waals surface area contributed by atoms with Gasteiger partial charge in [-0.3, -0.25) is 0 Å². The molecule has 0 bridgehead atoms. The van der Waals surface area contributed by atoms with Crippen LogP contribution in [0.4, 0.5) is 5.69 Å². The third-order valence-electron chi connectivity index (χ3n) is 3.06. The lowest BCUT2D eigenvalue weighted by Gasteiger charge is -2.11. The highest BCUT2D eigenvalue weighted by Gasteiger charge is 2.09. The number of hydrogen-bond acceptors (Lipinski definition) is 5. The Hall–Kier alpha value is -1.92. The summed E-state index contributed by atoms with van der Waals surface area (Å²) in [7, 11) is 0. The van der Waals surface area contributed by atoms with Gasteiger partial charge in [0.25, 0.3) is 0 Å². The van der Waals surface area contributed by atoms with Crippen LogP contribution in [-0.2, 0) is 6.54 Å². The Morgan fingerprint density at radius 1 is 1.33 bits per heavy atom. The largest absolute Gasteiger partial charge is 0.378 e. The van der Waals surface area contributed by atoms with E-state index in [4.69, 9.17) is 11.6 Å². The molecule has 1 aromatic carbocycles. The summed E-state index contributed by atoms with van der Waals surface area (Å²) in [6.45, 7) is 4.75. The molecule has 0 saturated carbocycles. The van der Waals surface area contributed by atoms with E-state index in [1.54, 1.807) is 22.3 Å². The summed E-state index contributed by atoms with van der Waals surface area (Å²) in [6, 6.07) is 5.65. The van der Waals surface area contributed by atoms with E-state index in [1.807, 2.05) is 32.0 Å². The van der Waals surface area contributed by atoms with E-state index in [0.717, 1.165) is 22.1 Å². The minimum atomic E-state index is 0.679. The van der Waals surface area contributed by atoms with E-state index in [1.165, 1.54) is 11.2 Å². The number of nitrogens with one attached hydrogen (secondary N) is 1. The van der Waals surface area contributed by atoms with Gasteiger partial charge < -0.3 is 5.32 Å². The molecule has 3 aromatic rings. The number of thiazole rings is 1. The van der Waals surface area contributed by atoms with Crippen molar-refractivity contribution >= 4 is 28.6 Å². The van der Waals surface area contributed by atoms with E-state index in [-0.39, 0.29) is 0 Å². The predicted octanol–water partition coefficient (Wildman–Crippen LogP) is 3.61. The molecular weight excluding hydrogens is 306 g/mol. The number of aryl methyl sites for hydroxylation is 2. The highest BCUT2D eigenvalue weighted by molar-refractivity contribution is 7.11. The van der Waals surface area contributed by atoms with Crippen LogP contribution >= 0.6 is 22.9 Å². The van der Waals surface area contributed by atoms with Gasteiger partial charge in [0.15, 0.2) is 0 Å². The Morgan fingerprint density at radius 3 is 2.86 bits per heavy atom. The summed E-state index contributed by atoms with van der Waals surface area (Å²) in [4.78, 5) is 9.64. The van der Waals surface area contributed by atoms with Crippen LogP contribution in [0.2, 0.25) is 5.02 Å². The molecule has 7 heteroatoms. The van der Waals surface area contributed by atoms with Crippen molar-refractivity contribution in [1.29, 1.82) is 0 Å².